The molecule has 0 aromatic heterocycles. The number of anilines is 1. The van der Waals surface area contributed by atoms with E-state index in [9.17, 15) is 5.11 Å². The lowest BCUT2D eigenvalue weighted by atomic mass is 9.96. The van der Waals surface area contributed by atoms with Crippen LogP contribution in [0.5, 0.6) is 5.75 Å². The molecule has 1 saturated heterocycles. The van der Waals surface area contributed by atoms with Crippen molar-refractivity contribution in [3.63, 3.8) is 0 Å². The molecule has 24 heavy (non-hydrogen) atoms. The van der Waals surface area contributed by atoms with Gasteiger partial charge in [-0.1, -0.05) is 32.3 Å². The Kier molecular flexibility index (Phi) is 7.86. The van der Waals surface area contributed by atoms with Crippen LogP contribution in [0.15, 0.2) is 18.2 Å². The minimum Gasteiger partial charge on any atom is -0.508 e. The Morgan fingerprint density at radius 1 is 1.12 bits per heavy atom. The zero-order valence-corrected chi connectivity index (χ0v) is 15.7. The first-order chi connectivity index (χ1) is 11.7. The van der Waals surface area contributed by atoms with Crippen LogP contribution in [0.1, 0.15) is 58.1 Å². The first kappa shape index (κ1) is 19.1. The number of hydrogen-bond acceptors (Lipinski definition) is 4. The van der Waals surface area contributed by atoms with Gasteiger partial charge in [-0.05, 0) is 26.3 Å². The van der Waals surface area contributed by atoms with E-state index >= 15 is 0 Å². The molecular weight excluding hydrogens is 298 g/mol. The van der Waals surface area contributed by atoms with Gasteiger partial charge in [-0.25, -0.2) is 0 Å². The normalized spacial score (nSPS) is 17.0. The Morgan fingerprint density at radius 3 is 2.42 bits per heavy atom. The number of piperazine rings is 1. The molecule has 0 aliphatic carbocycles. The number of aromatic hydroxyl groups is 1. The van der Waals surface area contributed by atoms with Gasteiger partial charge in [-0.3, -0.25) is 4.90 Å². The summed E-state index contributed by atoms with van der Waals surface area (Å²) in [4.78, 5) is 4.82. The zero-order chi connectivity index (χ0) is 17.4. The maximum atomic E-state index is 10.7. The van der Waals surface area contributed by atoms with Crippen molar-refractivity contribution in [3.8, 4) is 5.75 Å². The van der Waals surface area contributed by atoms with E-state index in [1.165, 1.54) is 19.3 Å². The van der Waals surface area contributed by atoms with Gasteiger partial charge < -0.3 is 15.3 Å². The van der Waals surface area contributed by atoms with E-state index in [0.717, 1.165) is 56.9 Å². The minimum atomic E-state index is 0.337. The number of benzene rings is 1. The molecule has 1 aliphatic heterocycles. The van der Waals surface area contributed by atoms with Gasteiger partial charge in [0.2, 0.25) is 0 Å². The van der Waals surface area contributed by atoms with E-state index in [1.807, 2.05) is 6.07 Å². The van der Waals surface area contributed by atoms with Crippen molar-refractivity contribution in [3.05, 3.63) is 23.8 Å². The molecule has 4 heteroatoms. The molecule has 0 spiro atoms. The lowest BCUT2D eigenvalue weighted by molar-refractivity contribution is 0.160. The molecule has 4 nitrogen and oxygen atoms in total. The smallest absolute Gasteiger partial charge is 0.122 e. The Hall–Kier alpha value is -1.26. The van der Waals surface area contributed by atoms with Crippen LogP contribution in [-0.4, -0.2) is 49.3 Å². The quantitative estimate of drug-likeness (QED) is 0.675. The van der Waals surface area contributed by atoms with Crippen LogP contribution < -0.4 is 10.2 Å². The van der Waals surface area contributed by atoms with E-state index in [1.54, 1.807) is 0 Å². The summed E-state index contributed by atoms with van der Waals surface area (Å²) in [7, 11) is 0. The molecule has 1 heterocycles. The molecule has 2 rings (SSSR count). The summed E-state index contributed by atoms with van der Waals surface area (Å²) in [6, 6.07) is 6.63. The summed E-state index contributed by atoms with van der Waals surface area (Å²) in [5, 5.41) is 14.2. The van der Waals surface area contributed by atoms with Crippen molar-refractivity contribution in [2.75, 3.05) is 44.2 Å². The standard InChI is InChI=1S/C20H35N3O/c1-4-7-8-9-19(23-14-12-21-13-15-23)18-11-10-17(16-20(18)24)22(5-2)6-3/h10-11,16,19,21,24H,4-9,12-15H2,1-3H3/t19-/m1/s1. The van der Waals surface area contributed by atoms with Crippen LogP contribution in [0.3, 0.4) is 0 Å². The van der Waals surface area contributed by atoms with Crippen molar-refractivity contribution in [1.29, 1.82) is 0 Å². The van der Waals surface area contributed by atoms with E-state index in [0.29, 0.717) is 11.8 Å². The molecule has 1 atom stereocenters. The maximum absolute atomic E-state index is 10.7. The number of hydrogen-bond donors (Lipinski definition) is 2. The molecule has 0 saturated carbocycles. The van der Waals surface area contributed by atoms with Gasteiger partial charge in [-0.15, -0.1) is 0 Å². The van der Waals surface area contributed by atoms with Gasteiger partial charge in [0.15, 0.2) is 0 Å². The van der Waals surface area contributed by atoms with E-state index in [4.69, 9.17) is 0 Å². The van der Waals surface area contributed by atoms with Crippen molar-refractivity contribution in [1.82, 2.24) is 10.2 Å². The van der Waals surface area contributed by atoms with Crippen molar-refractivity contribution >= 4 is 5.69 Å². The highest BCUT2D eigenvalue weighted by Gasteiger charge is 2.24. The summed E-state index contributed by atoms with van der Waals surface area (Å²) in [5.41, 5.74) is 2.22. The van der Waals surface area contributed by atoms with Gasteiger partial charge in [0.25, 0.3) is 0 Å². The molecule has 0 bridgehead atoms. The second-order valence-electron chi connectivity index (χ2n) is 6.71. The molecule has 1 aliphatic rings. The number of phenolic OH excluding ortho intramolecular Hbond substituents is 1. The number of rotatable bonds is 9. The molecule has 0 amide bonds. The van der Waals surface area contributed by atoms with Crippen molar-refractivity contribution in [2.24, 2.45) is 0 Å². The van der Waals surface area contributed by atoms with Gasteiger partial charge in [0.05, 0.1) is 0 Å². The Labute approximate surface area is 147 Å². The van der Waals surface area contributed by atoms with Crippen LogP contribution in [0.4, 0.5) is 5.69 Å². The lowest BCUT2D eigenvalue weighted by Gasteiger charge is -2.36. The fourth-order valence-electron chi connectivity index (χ4n) is 3.72. The molecule has 0 unspecified atom stereocenters. The van der Waals surface area contributed by atoms with Gasteiger partial charge in [0.1, 0.15) is 5.75 Å². The first-order valence-corrected chi connectivity index (χ1v) is 9.73. The third-order valence-corrected chi connectivity index (χ3v) is 5.18. The zero-order valence-electron chi connectivity index (χ0n) is 15.7. The molecular formula is C20H35N3O. The molecule has 1 aromatic carbocycles. The average molecular weight is 334 g/mol. The van der Waals surface area contributed by atoms with E-state index < -0.39 is 0 Å². The Bertz CT molecular complexity index is 482. The summed E-state index contributed by atoms with van der Waals surface area (Å²) >= 11 is 0. The SMILES string of the molecule is CCCCC[C@H](c1ccc(N(CC)CC)cc1O)N1CCNCC1. The van der Waals surface area contributed by atoms with Gasteiger partial charge in [-0.2, -0.15) is 0 Å². The molecule has 136 valence electrons. The first-order valence-electron chi connectivity index (χ1n) is 9.73. The second-order valence-corrected chi connectivity index (χ2v) is 6.71. The Balaban J connectivity index is 2.20. The lowest BCUT2D eigenvalue weighted by Crippen LogP contribution is -2.45. The third-order valence-electron chi connectivity index (χ3n) is 5.18. The number of nitrogens with one attached hydrogen (secondary N) is 1. The number of unbranched alkanes of at least 4 members (excludes halogenated alkanes) is 2. The second kappa shape index (κ2) is 9.90. The van der Waals surface area contributed by atoms with Crippen LogP contribution in [-0.2, 0) is 0 Å². The summed E-state index contributed by atoms with van der Waals surface area (Å²) in [6.07, 6.45) is 4.86. The molecule has 2 N–H and O–H groups in total. The fraction of sp³-hybridized carbons (Fsp3) is 0.700. The highest BCUT2D eigenvalue weighted by molar-refractivity contribution is 5.54. The van der Waals surface area contributed by atoms with Gasteiger partial charge in [0, 0.05) is 62.6 Å². The third kappa shape index (κ3) is 4.87. The topological polar surface area (TPSA) is 38.7 Å². The number of nitrogens with zero attached hydrogens (tertiary/aromatic N) is 2. The highest BCUT2D eigenvalue weighted by atomic mass is 16.3. The predicted molar refractivity (Wildman–Crippen MR) is 103 cm³/mol. The predicted octanol–water partition coefficient (Wildman–Crippen LogP) is 3.77. The largest absolute Gasteiger partial charge is 0.508 e. The monoisotopic (exact) mass is 333 g/mol. The Morgan fingerprint density at radius 2 is 1.83 bits per heavy atom. The molecule has 1 fully saturated rings. The van der Waals surface area contributed by atoms with Crippen molar-refractivity contribution < 1.29 is 5.11 Å². The van der Waals surface area contributed by atoms with Crippen LogP contribution in [0, 0.1) is 0 Å². The summed E-state index contributed by atoms with van der Waals surface area (Å²) in [6.45, 7) is 12.7. The molecule has 1 aromatic rings. The minimum absolute atomic E-state index is 0.337. The fourth-order valence-corrected chi connectivity index (χ4v) is 3.72. The van der Waals surface area contributed by atoms with Gasteiger partial charge >= 0.3 is 0 Å². The van der Waals surface area contributed by atoms with E-state index in [2.05, 4.69) is 48.0 Å². The van der Waals surface area contributed by atoms with Crippen LogP contribution in [0.25, 0.3) is 0 Å². The number of phenols is 1. The summed E-state index contributed by atoms with van der Waals surface area (Å²) < 4.78 is 0. The molecule has 0 radical (unpaired) electrons. The van der Waals surface area contributed by atoms with Crippen molar-refractivity contribution in [2.45, 2.75) is 52.5 Å². The van der Waals surface area contributed by atoms with Crippen LogP contribution >= 0.6 is 0 Å². The highest BCUT2D eigenvalue weighted by Crippen LogP contribution is 2.35. The maximum Gasteiger partial charge on any atom is 0.122 e. The van der Waals surface area contributed by atoms with E-state index in [-0.39, 0.29) is 0 Å². The summed E-state index contributed by atoms with van der Waals surface area (Å²) in [5.74, 6) is 0.458. The average Bonchev–Trinajstić information content (AvgIpc) is 2.61. The van der Waals surface area contributed by atoms with Crippen LogP contribution in [0.2, 0.25) is 0 Å².